The van der Waals surface area contributed by atoms with Gasteiger partial charge in [-0.3, -0.25) is 14.9 Å². The van der Waals surface area contributed by atoms with Crippen molar-refractivity contribution in [3.63, 3.8) is 0 Å². The van der Waals surface area contributed by atoms with Gasteiger partial charge in [0.2, 0.25) is 0 Å². The molecule has 0 unspecified atom stereocenters. The lowest BCUT2D eigenvalue weighted by molar-refractivity contribution is -0.384. The smallest absolute Gasteiger partial charge is 0.272 e. The Labute approximate surface area is 178 Å². The SMILES string of the molecule is CCOCCn1c(=NC(=O)/C=C/c2ccc([N+](=O)[O-])cc2)sc2cc(C)cc(C)c21. The average molecular weight is 426 g/mol. The van der Waals surface area contributed by atoms with Gasteiger partial charge in [0.1, 0.15) is 0 Å². The standard InChI is InChI=1S/C22H23N3O4S/c1-4-29-12-11-24-21-16(3)13-15(2)14-19(21)30-22(24)23-20(26)10-7-17-5-8-18(9-6-17)25(27)28/h5-10,13-14H,4,11-12H2,1-3H3/b10-7+,23-22?. The van der Waals surface area contributed by atoms with E-state index in [-0.39, 0.29) is 11.6 Å². The highest BCUT2D eigenvalue weighted by molar-refractivity contribution is 7.16. The zero-order valence-corrected chi connectivity index (χ0v) is 17.9. The maximum atomic E-state index is 12.5. The van der Waals surface area contributed by atoms with Crippen LogP contribution in [0.1, 0.15) is 23.6 Å². The summed E-state index contributed by atoms with van der Waals surface area (Å²) in [6.45, 7) is 7.82. The van der Waals surface area contributed by atoms with Gasteiger partial charge in [0.25, 0.3) is 11.6 Å². The quantitative estimate of drug-likeness (QED) is 0.243. The third-order valence-electron chi connectivity index (χ3n) is 4.50. The molecule has 0 aliphatic rings. The van der Waals surface area contributed by atoms with E-state index in [1.54, 1.807) is 18.2 Å². The number of carbonyl (C=O) groups excluding carboxylic acids is 1. The topological polar surface area (TPSA) is 86.7 Å². The molecule has 0 radical (unpaired) electrons. The highest BCUT2D eigenvalue weighted by Gasteiger charge is 2.10. The highest BCUT2D eigenvalue weighted by Crippen LogP contribution is 2.23. The predicted molar refractivity (Wildman–Crippen MR) is 118 cm³/mol. The Balaban J connectivity index is 1.93. The molecule has 0 aliphatic carbocycles. The molecule has 0 spiro atoms. The van der Waals surface area contributed by atoms with Crippen molar-refractivity contribution >= 4 is 39.2 Å². The van der Waals surface area contributed by atoms with Crippen molar-refractivity contribution in [2.24, 2.45) is 4.99 Å². The molecule has 1 heterocycles. The summed E-state index contributed by atoms with van der Waals surface area (Å²) < 4.78 is 8.61. The van der Waals surface area contributed by atoms with Gasteiger partial charge in [-0.1, -0.05) is 17.4 Å². The first-order valence-electron chi connectivity index (χ1n) is 9.58. The second-order valence-electron chi connectivity index (χ2n) is 6.79. The van der Waals surface area contributed by atoms with E-state index in [2.05, 4.69) is 24.0 Å². The number of nitro benzene ring substituents is 1. The number of hydrogen-bond donors (Lipinski definition) is 0. The number of hydrogen-bond acceptors (Lipinski definition) is 5. The molecule has 8 heteroatoms. The van der Waals surface area contributed by atoms with Gasteiger partial charge in [-0.05, 0) is 61.7 Å². The van der Waals surface area contributed by atoms with Crippen molar-refractivity contribution in [3.8, 4) is 0 Å². The maximum absolute atomic E-state index is 12.5. The van der Waals surface area contributed by atoms with Gasteiger partial charge < -0.3 is 9.30 Å². The number of fused-ring (bicyclic) bond motifs is 1. The fraction of sp³-hybridized carbons (Fsp3) is 0.273. The van der Waals surface area contributed by atoms with Crippen LogP contribution in [0.2, 0.25) is 0 Å². The molecule has 3 rings (SSSR count). The first-order chi connectivity index (χ1) is 14.4. The summed E-state index contributed by atoms with van der Waals surface area (Å²) in [5, 5.41) is 10.7. The summed E-state index contributed by atoms with van der Waals surface area (Å²) in [4.78, 5) is 27.7. The van der Waals surface area contributed by atoms with Crippen LogP contribution >= 0.6 is 11.3 Å². The summed E-state index contributed by atoms with van der Waals surface area (Å²) in [6.07, 6.45) is 2.97. The second-order valence-corrected chi connectivity index (χ2v) is 7.80. The second kappa shape index (κ2) is 9.60. The van der Waals surface area contributed by atoms with Gasteiger partial charge in [-0.15, -0.1) is 0 Å². The lowest BCUT2D eigenvalue weighted by atomic mass is 10.1. The highest BCUT2D eigenvalue weighted by atomic mass is 32.1. The zero-order chi connectivity index (χ0) is 21.7. The number of thiazole rings is 1. The molecule has 2 aromatic carbocycles. The third kappa shape index (κ3) is 5.08. The summed E-state index contributed by atoms with van der Waals surface area (Å²) in [5.41, 5.74) is 4.06. The number of non-ortho nitro benzene ring substituents is 1. The molecule has 1 aromatic heterocycles. The van der Waals surface area contributed by atoms with Crippen LogP contribution in [0.25, 0.3) is 16.3 Å². The molecular weight excluding hydrogens is 402 g/mol. The van der Waals surface area contributed by atoms with Gasteiger partial charge in [0.15, 0.2) is 4.80 Å². The van der Waals surface area contributed by atoms with Crippen molar-refractivity contribution in [1.82, 2.24) is 4.57 Å². The Morgan fingerprint density at radius 1 is 1.27 bits per heavy atom. The Bertz CT molecular complexity index is 1170. The fourth-order valence-electron chi connectivity index (χ4n) is 3.19. The minimum atomic E-state index is -0.458. The Hall–Kier alpha value is -3.10. The van der Waals surface area contributed by atoms with Crippen LogP contribution in [0.15, 0.2) is 47.5 Å². The van der Waals surface area contributed by atoms with E-state index in [1.165, 1.54) is 29.5 Å². The first-order valence-corrected chi connectivity index (χ1v) is 10.4. The summed E-state index contributed by atoms with van der Waals surface area (Å²) in [7, 11) is 0. The van der Waals surface area contributed by atoms with E-state index < -0.39 is 4.92 Å². The average Bonchev–Trinajstić information content (AvgIpc) is 3.04. The number of rotatable bonds is 7. The molecule has 30 heavy (non-hydrogen) atoms. The largest absolute Gasteiger partial charge is 0.380 e. The first kappa shape index (κ1) is 21.6. The van der Waals surface area contributed by atoms with Crippen LogP contribution in [0.3, 0.4) is 0 Å². The molecule has 7 nitrogen and oxygen atoms in total. The van der Waals surface area contributed by atoms with E-state index in [1.807, 2.05) is 18.4 Å². The van der Waals surface area contributed by atoms with Crippen LogP contribution in [-0.4, -0.2) is 28.6 Å². The lowest BCUT2D eigenvalue weighted by Gasteiger charge is -2.08. The molecular formula is C22H23N3O4S. The number of aromatic nitrogens is 1. The molecule has 0 bridgehead atoms. The van der Waals surface area contributed by atoms with Gasteiger partial charge in [-0.25, -0.2) is 0 Å². The number of amides is 1. The molecule has 0 saturated carbocycles. The minimum Gasteiger partial charge on any atom is -0.380 e. The van der Waals surface area contributed by atoms with Crippen LogP contribution in [0.4, 0.5) is 5.69 Å². The maximum Gasteiger partial charge on any atom is 0.272 e. The van der Waals surface area contributed by atoms with E-state index >= 15 is 0 Å². The molecule has 1 amide bonds. The lowest BCUT2D eigenvalue weighted by Crippen LogP contribution is -2.19. The van der Waals surface area contributed by atoms with Crippen molar-refractivity contribution in [2.45, 2.75) is 27.3 Å². The minimum absolute atomic E-state index is 0.00874. The van der Waals surface area contributed by atoms with Gasteiger partial charge >= 0.3 is 0 Å². The van der Waals surface area contributed by atoms with Gasteiger partial charge in [0, 0.05) is 31.4 Å². The van der Waals surface area contributed by atoms with Crippen LogP contribution in [-0.2, 0) is 16.1 Å². The molecule has 0 saturated heterocycles. The van der Waals surface area contributed by atoms with Crippen molar-refractivity contribution < 1.29 is 14.5 Å². The van der Waals surface area contributed by atoms with Crippen LogP contribution < -0.4 is 4.80 Å². The van der Waals surface area contributed by atoms with Gasteiger partial charge in [-0.2, -0.15) is 4.99 Å². The molecule has 0 N–H and O–H groups in total. The van der Waals surface area contributed by atoms with Crippen molar-refractivity contribution in [1.29, 1.82) is 0 Å². The Kier molecular flexibility index (Phi) is 6.91. The Morgan fingerprint density at radius 3 is 2.67 bits per heavy atom. The summed E-state index contributed by atoms with van der Waals surface area (Å²) in [5.74, 6) is -0.389. The van der Waals surface area contributed by atoms with Gasteiger partial charge in [0.05, 0.1) is 21.7 Å². The molecule has 0 atom stereocenters. The van der Waals surface area contributed by atoms with E-state index in [4.69, 9.17) is 4.74 Å². The monoisotopic (exact) mass is 425 g/mol. The predicted octanol–water partition coefficient (Wildman–Crippen LogP) is 4.41. The third-order valence-corrected chi connectivity index (χ3v) is 5.53. The number of nitro groups is 1. The molecule has 156 valence electrons. The zero-order valence-electron chi connectivity index (χ0n) is 17.1. The summed E-state index contributed by atoms with van der Waals surface area (Å²) in [6, 6.07) is 10.2. The van der Waals surface area contributed by atoms with Crippen molar-refractivity contribution in [2.75, 3.05) is 13.2 Å². The molecule has 0 aliphatic heterocycles. The normalized spacial score (nSPS) is 12.2. The van der Waals surface area contributed by atoms with Crippen molar-refractivity contribution in [3.05, 3.63) is 74.1 Å². The summed E-state index contributed by atoms with van der Waals surface area (Å²) >= 11 is 1.48. The Morgan fingerprint density at radius 2 is 2.00 bits per heavy atom. The van der Waals surface area contributed by atoms with Crippen LogP contribution in [0.5, 0.6) is 0 Å². The number of benzene rings is 2. The molecule has 3 aromatic rings. The number of ether oxygens (including phenoxy) is 1. The molecule has 0 fully saturated rings. The number of nitrogens with zero attached hydrogens (tertiary/aromatic N) is 3. The number of carbonyl (C=O) groups is 1. The number of aryl methyl sites for hydroxylation is 2. The fourth-order valence-corrected chi connectivity index (χ4v) is 4.43. The van der Waals surface area contributed by atoms with E-state index in [0.29, 0.717) is 30.1 Å². The van der Waals surface area contributed by atoms with E-state index in [9.17, 15) is 14.9 Å². The van der Waals surface area contributed by atoms with E-state index in [0.717, 1.165) is 21.3 Å². The van der Waals surface area contributed by atoms with Crippen LogP contribution in [0, 0.1) is 24.0 Å².